The first-order valence-electron chi connectivity index (χ1n) is 9.16. The second-order valence-electron chi connectivity index (χ2n) is 9.16. The number of halogens is 2. The van der Waals surface area contributed by atoms with Crippen molar-refractivity contribution in [2.45, 2.75) is 86.5 Å². The molecular formula is C21H34F2. The fraction of sp³-hybridized carbons (Fsp3) is 0.810. The molecule has 2 rings (SSSR count). The Morgan fingerprint density at radius 1 is 1.26 bits per heavy atom. The van der Waals surface area contributed by atoms with Gasteiger partial charge in [-0.25, -0.2) is 8.78 Å². The Labute approximate surface area is 141 Å². The van der Waals surface area contributed by atoms with E-state index in [9.17, 15) is 8.78 Å². The topological polar surface area (TPSA) is 0 Å². The third-order valence-electron chi connectivity index (χ3n) is 7.36. The molecule has 0 spiro atoms. The molecule has 0 N–H and O–H groups in total. The minimum atomic E-state index is -2.21. The first kappa shape index (κ1) is 18.7. The van der Waals surface area contributed by atoms with E-state index in [0.29, 0.717) is 5.92 Å². The normalized spacial score (nSPS) is 36.4. The van der Waals surface area contributed by atoms with Gasteiger partial charge >= 0.3 is 0 Å². The minimum absolute atomic E-state index is 0.0127. The van der Waals surface area contributed by atoms with E-state index in [1.165, 1.54) is 24.8 Å². The van der Waals surface area contributed by atoms with Crippen LogP contribution in [-0.4, -0.2) is 6.43 Å². The van der Waals surface area contributed by atoms with Crippen LogP contribution < -0.4 is 0 Å². The van der Waals surface area contributed by atoms with Crippen LogP contribution in [0.4, 0.5) is 8.78 Å². The summed E-state index contributed by atoms with van der Waals surface area (Å²) >= 11 is 0. The monoisotopic (exact) mass is 324 g/mol. The van der Waals surface area contributed by atoms with Crippen LogP contribution >= 0.6 is 0 Å². The van der Waals surface area contributed by atoms with E-state index < -0.39 is 6.43 Å². The Hall–Kier alpha value is -0.660. The Kier molecular flexibility index (Phi) is 5.14. The lowest BCUT2D eigenvalue weighted by atomic mass is 9.49. The molecule has 0 saturated heterocycles. The number of hydrogen-bond donors (Lipinski definition) is 0. The molecule has 2 fully saturated rings. The summed E-state index contributed by atoms with van der Waals surface area (Å²) in [6, 6.07) is 0. The van der Waals surface area contributed by atoms with E-state index in [1.54, 1.807) is 5.57 Å². The van der Waals surface area contributed by atoms with Crippen molar-refractivity contribution >= 4 is 0 Å². The number of hydrogen-bond acceptors (Lipinski definition) is 0. The van der Waals surface area contributed by atoms with Crippen LogP contribution in [0.15, 0.2) is 23.3 Å². The summed E-state index contributed by atoms with van der Waals surface area (Å²) in [5, 5.41) is 0. The summed E-state index contributed by atoms with van der Waals surface area (Å²) in [5.41, 5.74) is 2.67. The number of allylic oxidation sites excluding steroid dienone is 4. The molecule has 2 aliphatic rings. The average molecular weight is 324 g/mol. The number of fused-ring (bicyclic) bond motifs is 1. The Morgan fingerprint density at radius 3 is 2.48 bits per heavy atom. The van der Waals surface area contributed by atoms with Crippen molar-refractivity contribution in [3.8, 4) is 0 Å². The van der Waals surface area contributed by atoms with Gasteiger partial charge in [-0.1, -0.05) is 51.0 Å². The van der Waals surface area contributed by atoms with E-state index in [2.05, 4.69) is 53.7 Å². The van der Waals surface area contributed by atoms with Crippen molar-refractivity contribution in [2.24, 2.45) is 22.2 Å². The molecule has 0 nitrogen and oxygen atoms in total. The lowest BCUT2D eigenvalue weighted by molar-refractivity contribution is -0.0755. The fourth-order valence-corrected chi connectivity index (χ4v) is 5.50. The van der Waals surface area contributed by atoms with E-state index in [0.717, 1.165) is 12.8 Å². The molecule has 0 amide bonds. The van der Waals surface area contributed by atoms with Gasteiger partial charge in [0.05, 0.1) is 0 Å². The van der Waals surface area contributed by atoms with Gasteiger partial charge in [-0.05, 0) is 68.1 Å². The molecule has 0 heterocycles. The molecule has 0 aromatic heterocycles. The van der Waals surface area contributed by atoms with Crippen LogP contribution in [0, 0.1) is 22.2 Å². The van der Waals surface area contributed by atoms with Crippen molar-refractivity contribution in [3.05, 3.63) is 23.3 Å². The second kappa shape index (κ2) is 6.33. The van der Waals surface area contributed by atoms with Gasteiger partial charge in [0.1, 0.15) is 0 Å². The molecule has 0 bridgehead atoms. The minimum Gasteiger partial charge on any atom is -0.211 e. The largest absolute Gasteiger partial charge is 0.239 e. The van der Waals surface area contributed by atoms with E-state index in [1.807, 2.05) is 0 Å². The molecular weight excluding hydrogens is 290 g/mol. The smallest absolute Gasteiger partial charge is 0.211 e. The van der Waals surface area contributed by atoms with Crippen molar-refractivity contribution in [1.29, 1.82) is 0 Å². The highest BCUT2D eigenvalue weighted by Crippen LogP contribution is 2.69. The molecule has 0 radical (unpaired) electrons. The number of rotatable bonds is 4. The summed E-state index contributed by atoms with van der Waals surface area (Å²) in [5.74, 6) is 0.564. The van der Waals surface area contributed by atoms with Gasteiger partial charge in [-0.15, -0.1) is 0 Å². The lowest BCUT2D eigenvalue weighted by Crippen LogP contribution is -2.49. The average Bonchev–Trinajstić information content (AvgIpc) is 2.69. The summed E-state index contributed by atoms with van der Waals surface area (Å²) in [4.78, 5) is 0. The molecule has 2 heteroatoms. The van der Waals surface area contributed by atoms with Crippen LogP contribution in [-0.2, 0) is 0 Å². The molecule has 2 aliphatic carbocycles. The van der Waals surface area contributed by atoms with Gasteiger partial charge in [-0.2, -0.15) is 0 Å². The van der Waals surface area contributed by atoms with Crippen LogP contribution in [0.25, 0.3) is 0 Å². The molecule has 23 heavy (non-hydrogen) atoms. The molecule has 0 aromatic rings. The Morgan fingerprint density at radius 2 is 1.91 bits per heavy atom. The highest BCUT2D eigenvalue weighted by molar-refractivity contribution is 5.26. The van der Waals surface area contributed by atoms with Gasteiger partial charge in [0.15, 0.2) is 0 Å². The van der Waals surface area contributed by atoms with Crippen LogP contribution in [0.2, 0.25) is 0 Å². The van der Waals surface area contributed by atoms with Gasteiger partial charge in [0, 0.05) is 6.42 Å². The lowest BCUT2D eigenvalue weighted by Gasteiger charge is -2.55. The Balaban J connectivity index is 2.37. The quantitative estimate of drug-likeness (QED) is 0.514. The number of alkyl halides is 2. The molecule has 0 unspecified atom stereocenters. The SMILES string of the molecule is CC(C)=C/C=C1\CCC[C@@]2(C)[C@H]1CC[C@]2(C)C(C)(C)CC(F)F. The zero-order valence-corrected chi connectivity index (χ0v) is 15.8. The van der Waals surface area contributed by atoms with Gasteiger partial charge in [0.25, 0.3) is 0 Å². The summed E-state index contributed by atoms with van der Waals surface area (Å²) < 4.78 is 26.3. The van der Waals surface area contributed by atoms with Crippen LogP contribution in [0.5, 0.6) is 0 Å². The predicted octanol–water partition coefficient (Wildman–Crippen LogP) is 7.17. The first-order chi connectivity index (χ1) is 10.5. The zero-order chi connectivity index (χ0) is 17.5. The van der Waals surface area contributed by atoms with Gasteiger partial charge in [-0.3, -0.25) is 0 Å². The third-order valence-corrected chi connectivity index (χ3v) is 7.36. The van der Waals surface area contributed by atoms with Gasteiger partial charge < -0.3 is 0 Å². The van der Waals surface area contributed by atoms with Crippen molar-refractivity contribution in [1.82, 2.24) is 0 Å². The molecule has 0 aliphatic heterocycles. The highest BCUT2D eigenvalue weighted by Gasteiger charge is 2.61. The first-order valence-corrected chi connectivity index (χ1v) is 9.16. The fourth-order valence-electron chi connectivity index (χ4n) is 5.50. The molecule has 2 saturated carbocycles. The predicted molar refractivity (Wildman–Crippen MR) is 94.7 cm³/mol. The molecule has 132 valence electrons. The maximum atomic E-state index is 13.2. The van der Waals surface area contributed by atoms with E-state index in [-0.39, 0.29) is 22.7 Å². The Bertz CT molecular complexity index is 496. The summed E-state index contributed by atoms with van der Waals surface area (Å²) in [7, 11) is 0. The molecule has 3 atom stereocenters. The maximum absolute atomic E-state index is 13.2. The van der Waals surface area contributed by atoms with Crippen molar-refractivity contribution < 1.29 is 8.78 Å². The van der Waals surface area contributed by atoms with E-state index in [4.69, 9.17) is 0 Å². The standard InChI is InChI=1S/C21H34F2/c1-15(2)9-10-16-8-7-12-20(5)17(16)11-13-21(20,6)19(3,4)14-18(22)23/h9-10,17-18H,7-8,11-14H2,1-6H3/b16-10+/t17-,20-,21+/m0/s1. The van der Waals surface area contributed by atoms with Crippen molar-refractivity contribution in [3.63, 3.8) is 0 Å². The maximum Gasteiger partial charge on any atom is 0.239 e. The van der Waals surface area contributed by atoms with Crippen LogP contribution in [0.1, 0.15) is 80.1 Å². The molecule has 0 aromatic carbocycles. The van der Waals surface area contributed by atoms with E-state index >= 15 is 0 Å². The van der Waals surface area contributed by atoms with Crippen LogP contribution in [0.3, 0.4) is 0 Å². The van der Waals surface area contributed by atoms with Gasteiger partial charge in [0.2, 0.25) is 6.43 Å². The highest BCUT2D eigenvalue weighted by atomic mass is 19.3. The summed E-state index contributed by atoms with van der Waals surface area (Å²) in [6.07, 6.45) is 8.11. The second-order valence-corrected chi connectivity index (χ2v) is 9.16. The third kappa shape index (κ3) is 3.15. The van der Waals surface area contributed by atoms with Crippen molar-refractivity contribution in [2.75, 3.05) is 0 Å². The zero-order valence-electron chi connectivity index (χ0n) is 15.8. The summed E-state index contributed by atoms with van der Waals surface area (Å²) in [6.45, 7) is 13.1.